The molecule has 0 aromatic heterocycles. The third kappa shape index (κ3) is 13.6. The first-order valence-corrected chi connectivity index (χ1v) is 28.2. The van der Waals surface area contributed by atoms with Crippen LogP contribution in [0, 0.1) is 5.92 Å². The van der Waals surface area contributed by atoms with Gasteiger partial charge in [-0.1, -0.05) is 55.2 Å². The number of carbonyl (C=O) groups is 8. The Morgan fingerprint density at radius 3 is 1.83 bits per heavy atom. The number of phenols is 3. The average Bonchev–Trinajstić information content (AvgIpc) is 1.21. The van der Waals surface area contributed by atoms with Crippen LogP contribution in [0.4, 0.5) is 0 Å². The van der Waals surface area contributed by atoms with Crippen LogP contribution in [0.15, 0.2) is 78.9 Å². The number of hydrogen-bond donors (Lipinski definition) is 18. The molecule has 30 nitrogen and oxygen atoms in total. The number of nitrogens with two attached hydrogens (primary N) is 2. The minimum absolute atomic E-state index is 0.0863. The van der Waals surface area contributed by atoms with E-state index in [0.29, 0.717) is 0 Å². The van der Waals surface area contributed by atoms with Crippen molar-refractivity contribution in [1.29, 1.82) is 0 Å². The van der Waals surface area contributed by atoms with E-state index in [0.717, 1.165) is 72.8 Å². The van der Waals surface area contributed by atoms with Gasteiger partial charge in [-0.2, -0.15) is 0 Å². The van der Waals surface area contributed by atoms with Crippen LogP contribution in [0.1, 0.15) is 84.8 Å². The highest BCUT2D eigenvalue weighted by molar-refractivity contribution is 6.32. The number of primary amides is 1. The van der Waals surface area contributed by atoms with Crippen LogP contribution in [0.5, 0.6) is 46.0 Å². The molecule has 0 radical (unpaired) electrons. The summed E-state index contributed by atoms with van der Waals surface area (Å²) in [6, 6.07) is -1.11. The van der Waals surface area contributed by atoms with E-state index in [2.05, 4.69) is 31.9 Å². The molecule has 11 bridgehead atoms. The number of aliphatic carboxylic acids is 1. The number of ether oxygens (including phenoxy) is 4. The molecule has 1 saturated heterocycles. The van der Waals surface area contributed by atoms with Crippen LogP contribution in [0.25, 0.3) is 11.1 Å². The summed E-state index contributed by atoms with van der Waals surface area (Å²) in [6.07, 6.45) is -15.1. The van der Waals surface area contributed by atoms with E-state index in [4.69, 9.17) is 53.6 Å². The van der Waals surface area contributed by atoms with Crippen LogP contribution in [-0.2, 0) is 43.1 Å². The highest BCUT2D eigenvalue weighted by Crippen LogP contribution is 2.49. The van der Waals surface area contributed by atoms with Crippen LogP contribution >= 0.6 is 23.2 Å². The Hall–Kier alpha value is -9.08. The predicted octanol–water partition coefficient (Wildman–Crippen LogP) is -0.392. The summed E-state index contributed by atoms with van der Waals surface area (Å²) in [5.41, 5.74) is 9.00. The molecule has 0 aliphatic carbocycles. The number of aliphatic hydroxyl groups is 6. The largest absolute Gasteiger partial charge is 0.508 e. The lowest BCUT2D eigenvalue weighted by molar-refractivity contribution is -0.277. The van der Waals surface area contributed by atoms with Crippen molar-refractivity contribution >= 4 is 70.5 Å². The van der Waals surface area contributed by atoms with E-state index in [1.165, 1.54) is 6.07 Å². The SMILES string of the molecule is CC(C)C[C@@H](N)C(=O)N[C@H]1C(=O)N[C@@H](CC(N)=O)C(=O)N[C@H]2C(=O)N[C@H]3C(=O)N[C@H](C(=O)N[C@H](C(=O)O)c4cc(O)cc(O)c4-c4cc3ccc4O)[C@H](O)c3ccc(c(Cl)c3)Oc3cc2cc(c3O[C@H]2O[C@@H](CO)[C@H](O)[C@@H](O)[C@@H]2O)Oc2ccc(cc2Cl)[C@H]1O. The number of carboxylic acids is 1. The van der Waals surface area contributed by atoms with Gasteiger partial charge in [0, 0.05) is 22.8 Å². The highest BCUT2D eigenvalue weighted by atomic mass is 35.5. The van der Waals surface area contributed by atoms with Crippen LogP contribution in [-0.4, -0.2) is 160 Å². The second-order valence-corrected chi connectivity index (χ2v) is 22.8. The van der Waals surface area contributed by atoms with Gasteiger partial charge in [0.25, 0.3) is 0 Å². The number of hydrogen-bond acceptors (Lipinski definition) is 22. The van der Waals surface area contributed by atoms with E-state index >= 15 is 14.4 Å². The van der Waals surface area contributed by atoms with E-state index in [-0.39, 0.29) is 39.8 Å². The zero-order chi connectivity index (χ0) is 65.5. The number of fused-ring (bicyclic) bond motifs is 15. The lowest BCUT2D eigenvalue weighted by Gasteiger charge is -2.39. The number of benzene rings is 5. The molecule has 1 fully saturated rings. The minimum atomic E-state index is -2.32. The van der Waals surface area contributed by atoms with E-state index in [1.54, 1.807) is 13.8 Å². The van der Waals surface area contributed by atoms with Gasteiger partial charge in [-0.05, 0) is 89.2 Å². The number of rotatable bonds is 10. The van der Waals surface area contributed by atoms with Gasteiger partial charge in [-0.25, -0.2) is 4.79 Å². The van der Waals surface area contributed by atoms with Crippen molar-refractivity contribution in [3.05, 3.63) is 117 Å². The Morgan fingerprint density at radius 1 is 0.656 bits per heavy atom. The molecule has 5 aromatic rings. The molecule has 6 aliphatic heterocycles. The maximum absolute atomic E-state index is 15.7. The first kappa shape index (κ1) is 65.4. The molecule has 5 aromatic carbocycles. The second-order valence-electron chi connectivity index (χ2n) is 21.9. The number of carboxylic acid groups (broad SMARTS) is 1. The smallest absolute Gasteiger partial charge is 0.330 e. The Kier molecular flexibility index (Phi) is 19.3. The van der Waals surface area contributed by atoms with Gasteiger partial charge in [-0.3, -0.25) is 33.6 Å². The molecule has 0 unspecified atom stereocenters. The first-order chi connectivity index (χ1) is 42.5. The molecule has 32 heteroatoms. The van der Waals surface area contributed by atoms with Gasteiger partial charge in [-0.15, -0.1) is 0 Å². The number of phenolic OH excluding ortho intramolecular Hbond substituents is 3. The normalized spacial score (nSPS) is 26.4. The quantitative estimate of drug-likeness (QED) is 0.0846. The topological polar surface area (TPSA) is 500 Å². The van der Waals surface area contributed by atoms with Crippen LogP contribution < -0.4 is 57.6 Å². The molecular weight excluding hydrogens is 1230 g/mol. The molecule has 20 N–H and O–H groups in total. The third-order valence-electron chi connectivity index (χ3n) is 15.1. The number of carbonyl (C=O) groups excluding carboxylic acids is 7. The molecule has 11 rings (SSSR count). The van der Waals surface area contributed by atoms with Gasteiger partial charge in [0.05, 0.1) is 29.1 Å². The fourth-order valence-electron chi connectivity index (χ4n) is 10.5. The van der Waals surface area contributed by atoms with Crippen molar-refractivity contribution in [2.45, 2.75) is 112 Å². The third-order valence-corrected chi connectivity index (χ3v) is 15.7. The van der Waals surface area contributed by atoms with Crippen molar-refractivity contribution in [3.63, 3.8) is 0 Å². The van der Waals surface area contributed by atoms with E-state index in [9.17, 15) is 75.0 Å². The molecule has 14 atom stereocenters. The number of aliphatic hydroxyl groups excluding tert-OH is 6. The van der Waals surface area contributed by atoms with Crippen LogP contribution in [0.3, 0.4) is 0 Å². The summed E-state index contributed by atoms with van der Waals surface area (Å²) in [6.45, 7) is 2.56. The molecule has 0 spiro atoms. The van der Waals surface area contributed by atoms with Crippen molar-refractivity contribution in [3.8, 4) is 57.1 Å². The molecule has 478 valence electrons. The van der Waals surface area contributed by atoms with E-state index in [1.807, 2.05) is 0 Å². The second kappa shape index (κ2) is 26.6. The Bertz CT molecular complexity index is 3710. The molecule has 6 aliphatic rings. The number of amides is 7. The lowest BCUT2D eigenvalue weighted by atomic mass is 9.89. The Morgan fingerprint density at radius 2 is 1.24 bits per heavy atom. The zero-order valence-corrected chi connectivity index (χ0v) is 48.6. The monoisotopic (exact) mass is 1290 g/mol. The van der Waals surface area contributed by atoms with Gasteiger partial charge >= 0.3 is 5.97 Å². The molecular formula is C58H60Cl2N8O22. The molecule has 6 heterocycles. The molecule has 0 saturated carbocycles. The Balaban J connectivity index is 1.32. The minimum Gasteiger partial charge on any atom is -0.508 e. The standard InChI is InChI=1S/C58H60Cl2N8O22/c1-19(2)9-29(61)51(79)67-43-45(74)21-4-7-33(27(59)11-21)87-35-13-23-14-36(50(35)90-58-49(78)48(77)47(76)37(18-69)89-58)88-34-8-5-22(12-28(34)60)46(75)44-56(84)66-42(57(85)86)26-15-24(70)16-32(72)39(26)25-10-20(3-6-31(25)71)40(53(81)68-44)65-54(82)41(23)64-52(80)30(17-38(62)73)63-55(43)83/h3-8,10-16,19,29-30,37,40-49,58,69-72,74-78H,9,17-18,61H2,1-2H3,(H2,62,73)(H,63,83)(H,64,80)(H,65,82)(H,66,84)(H,67,79)(H,68,81)(H,85,86)/t29-,30+,37+,40-,41-,42+,43-,44+,45-,46-,47+,48-,49+,58-/m1/s1. The van der Waals surface area contributed by atoms with Gasteiger partial charge in [0.15, 0.2) is 17.5 Å². The average molecular weight is 1290 g/mol. The summed E-state index contributed by atoms with van der Waals surface area (Å²) >= 11 is 13.8. The summed E-state index contributed by atoms with van der Waals surface area (Å²) in [7, 11) is 0. The Labute approximate surface area is 518 Å². The summed E-state index contributed by atoms with van der Waals surface area (Å²) in [4.78, 5) is 115. The fourth-order valence-corrected chi connectivity index (χ4v) is 11.0. The summed E-state index contributed by atoms with van der Waals surface area (Å²) in [5.74, 6) is -16.2. The summed E-state index contributed by atoms with van der Waals surface area (Å²) in [5, 5.41) is 125. The van der Waals surface area contributed by atoms with E-state index < -0.39 is 213 Å². The first-order valence-electron chi connectivity index (χ1n) is 27.5. The maximum Gasteiger partial charge on any atom is 0.330 e. The van der Waals surface area contributed by atoms with Crippen molar-refractivity contribution in [2.24, 2.45) is 17.4 Å². The zero-order valence-electron chi connectivity index (χ0n) is 47.1. The maximum atomic E-state index is 15.7. The number of nitrogens with one attached hydrogen (secondary N) is 6. The van der Waals surface area contributed by atoms with Crippen molar-refractivity contribution < 1.29 is 108 Å². The fraction of sp³-hybridized carbons (Fsp3) is 0.345. The summed E-state index contributed by atoms with van der Waals surface area (Å²) < 4.78 is 24.8. The van der Waals surface area contributed by atoms with Gasteiger partial charge < -0.3 is 113 Å². The molecule has 7 amide bonds. The van der Waals surface area contributed by atoms with Crippen LogP contribution in [0.2, 0.25) is 10.0 Å². The number of aromatic hydroxyl groups is 3. The van der Waals surface area contributed by atoms with Gasteiger partial charge in [0.1, 0.15) is 95.6 Å². The molecule has 90 heavy (non-hydrogen) atoms. The predicted molar refractivity (Wildman–Crippen MR) is 308 cm³/mol. The van der Waals surface area contributed by atoms with Crippen molar-refractivity contribution in [2.75, 3.05) is 6.61 Å². The van der Waals surface area contributed by atoms with Gasteiger partial charge in [0.2, 0.25) is 53.4 Å². The lowest BCUT2D eigenvalue weighted by Crippen LogP contribution is -2.60. The number of halogens is 2. The van der Waals surface area contributed by atoms with Crippen molar-refractivity contribution in [1.82, 2.24) is 31.9 Å². The highest BCUT2D eigenvalue weighted by Gasteiger charge is 2.47.